The summed E-state index contributed by atoms with van der Waals surface area (Å²) in [4.78, 5) is 17.8. The molecule has 30 heavy (non-hydrogen) atoms. The molecule has 0 aromatic carbocycles. The van der Waals surface area contributed by atoms with E-state index in [-0.39, 0.29) is 5.13 Å². The fourth-order valence-corrected chi connectivity index (χ4v) is 4.58. The van der Waals surface area contributed by atoms with E-state index in [4.69, 9.17) is 0 Å². The quantitative estimate of drug-likeness (QED) is 0.410. The molecule has 3 N–H and O–H groups in total. The lowest BCUT2D eigenvalue weighted by molar-refractivity contribution is 0.657. The number of rotatable bonds is 3. The molecule has 5 aromatic rings. The zero-order valence-electron chi connectivity index (χ0n) is 15.7. The van der Waals surface area contributed by atoms with Gasteiger partial charge in [-0.1, -0.05) is 6.08 Å². The summed E-state index contributed by atoms with van der Waals surface area (Å²) in [6, 6.07) is 7.16. The minimum absolute atomic E-state index is 0.222. The van der Waals surface area contributed by atoms with Gasteiger partial charge < -0.3 is 10.3 Å². The summed E-state index contributed by atoms with van der Waals surface area (Å²) < 4.78 is 13.6. The molecule has 0 atom stereocenters. The maximum Gasteiger partial charge on any atom is 0.178 e. The molecule has 0 unspecified atom stereocenters. The molecule has 9 heteroatoms. The van der Waals surface area contributed by atoms with E-state index in [2.05, 4.69) is 47.6 Å². The molecule has 0 saturated heterocycles. The van der Waals surface area contributed by atoms with Crippen LogP contribution in [-0.2, 0) is 0 Å². The van der Waals surface area contributed by atoms with Crippen LogP contribution in [-0.4, -0.2) is 43.2 Å². The summed E-state index contributed by atoms with van der Waals surface area (Å²) in [7, 11) is 0. The number of nitrogens with zero attached hydrogens (tertiary/aromatic N) is 4. The van der Waals surface area contributed by atoms with Crippen molar-refractivity contribution in [3.63, 3.8) is 0 Å². The van der Waals surface area contributed by atoms with E-state index in [9.17, 15) is 4.39 Å². The van der Waals surface area contributed by atoms with Crippen LogP contribution in [0.2, 0.25) is 0 Å². The number of pyridine rings is 2. The molecule has 0 fully saturated rings. The Morgan fingerprint density at radius 3 is 2.93 bits per heavy atom. The Bertz CT molecular complexity index is 1430. The zero-order chi connectivity index (χ0) is 20.1. The molecular formula is C21H16FN7S. The van der Waals surface area contributed by atoms with Crippen LogP contribution in [0.4, 0.5) is 4.39 Å². The Balaban J connectivity index is 1.49. The number of hydrogen-bond acceptors (Lipinski definition) is 6. The SMILES string of the molecule is Fc1ccc(-c2ccnc3nc(-c4n[nH]c5cnc(C6=CCNCC6)cc45)[nH]c23)s1. The van der Waals surface area contributed by atoms with Crippen molar-refractivity contribution in [1.82, 2.24) is 35.5 Å². The number of halogens is 1. The van der Waals surface area contributed by atoms with Crippen molar-refractivity contribution in [1.29, 1.82) is 0 Å². The third-order valence-corrected chi connectivity index (χ3v) is 6.20. The van der Waals surface area contributed by atoms with Crippen molar-refractivity contribution in [2.45, 2.75) is 6.42 Å². The molecule has 1 aliphatic heterocycles. The van der Waals surface area contributed by atoms with Crippen LogP contribution in [0.15, 0.2) is 42.7 Å². The fraction of sp³-hybridized carbons (Fsp3) is 0.143. The molecule has 0 spiro atoms. The monoisotopic (exact) mass is 417 g/mol. The van der Waals surface area contributed by atoms with Crippen LogP contribution in [0.5, 0.6) is 0 Å². The number of fused-ring (bicyclic) bond motifs is 2. The fourth-order valence-electron chi connectivity index (χ4n) is 3.82. The Morgan fingerprint density at radius 2 is 2.10 bits per heavy atom. The van der Waals surface area contributed by atoms with E-state index in [1.165, 1.54) is 11.6 Å². The van der Waals surface area contributed by atoms with Gasteiger partial charge in [0.05, 0.1) is 22.9 Å². The number of nitrogens with one attached hydrogen (secondary N) is 3. The Kier molecular flexibility index (Phi) is 3.96. The first kappa shape index (κ1) is 17.4. The standard InChI is InChI=1S/C21H16FN7S/c22-17-2-1-16(30-17)12-5-8-24-20-18(12)26-21(27-20)19-13-9-14(11-3-6-23-7-4-11)25-10-15(13)28-29-19/h1-3,5,8-10,23H,4,6-7H2,(H,28,29)(H,24,26,27). The summed E-state index contributed by atoms with van der Waals surface area (Å²) in [6.07, 6.45) is 6.62. The van der Waals surface area contributed by atoms with Gasteiger partial charge in [0.25, 0.3) is 0 Å². The van der Waals surface area contributed by atoms with Gasteiger partial charge in [-0.05, 0) is 42.8 Å². The number of hydrogen-bond donors (Lipinski definition) is 3. The first-order valence-electron chi connectivity index (χ1n) is 9.61. The van der Waals surface area contributed by atoms with Crippen molar-refractivity contribution in [2.75, 3.05) is 13.1 Å². The first-order valence-corrected chi connectivity index (χ1v) is 10.4. The molecule has 148 valence electrons. The van der Waals surface area contributed by atoms with E-state index in [1.54, 1.807) is 12.3 Å². The average Bonchev–Trinajstić information content (AvgIpc) is 3.51. The molecular weight excluding hydrogens is 401 g/mol. The van der Waals surface area contributed by atoms with Crippen LogP contribution in [0.3, 0.4) is 0 Å². The van der Waals surface area contributed by atoms with Gasteiger partial charge in [0.1, 0.15) is 5.69 Å². The maximum atomic E-state index is 13.6. The van der Waals surface area contributed by atoms with Gasteiger partial charge >= 0.3 is 0 Å². The van der Waals surface area contributed by atoms with Crippen molar-refractivity contribution >= 4 is 39.0 Å². The van der Waals surface area contributed by atoms with E-state index in [1.807, 2.05) is 12.3 Å². The number of aromatic nitrogens is 6. The number of imidazole rings is 1. The minimum atomic E-state index is -0.222. The second-order valence-corrected chi connectivity index (χ2v) is 8.15. The highest BCUT2D eigenvalue weighted by molar-refractivity contribution is 7.14. The Hall–Kier alpha value is -3.43. The van der Waals surface area contributed by atoms with Crippen molar-refractivity contribution in [3.8, 4) is 22.0 Å². The highest BCUT2D eigenvalue weighted by atomic mass is 32.1. The molecule has 5 aromatic heterocycles. The molecule has 0 amide bonds. The van der Waals surface area contributed by atoms with Gasteiger partial charge in [-0.15, -0.1) is 11.3 Å². The lowest BCUT2D eigenvalue weighted by Gasteiger charge is -2.13. The minimum Gasteiger partial charge on any atom is -0.335 e. The molecule has 6 heterocycles. The molecule has 0 bridgehead atoms. The smallest absolute Gasteiger partial charge is 0.178 e. The Morgan fingerprint density at radius 1 is 1.13 bits per heavy atom. The Labute approximate surface area is 174 Å². The number of aromatic amines is 2. The van der Waals surface area contributed by atoms with E-state index in [0.717, 1.165) is 63.4 Å². The van der Waals surface area contributed by atoms with E-state index < -0.39 is 0 Å². The van der Waals surface area contributed by atoms with Crippen LogP contribution >= 0.6 is 11.3 Å². The second-order valence-electron chi connectivity index (χ2n) is 7.12. The van der Waals surface area contributed by atoms with Gasteiger partial charge in [0.2, 0.25) is 0 Å². The third kappa shape index (κ3) is 2.82. The van der Waals surface area contributed by atoms with Gasteiger partial charge in [-0.3, -0.25) is 10.1 Å². The molecule has 0 aliphatic carbocycles. The summed E-state index contributed by atoms with van der Waals surface area (Å²) in [5, 5.41) is 11.6. The average molecular weight is 417 g/mol. The number of H-pyrrole nitrogens is 2. The van der Waals surface area contributed by atoms with Crippen LogP contribution in [0, 0.1) is 5.13 Å². The lowest BCUT2D eigenvalue weighted by Crippen LogP contribution is -2.20. The number of thiophene rings is 1. The largest absolute Gasteiger partial charge is 0.335 e. The molecule has 7 nitrogen and oxygen atoms in total. The van der Waals surface area contributed by atoms with Crippen LogP contribution < -0.4 is 5.32 Å². The van der Waals surface area contributed by atoms with Crippen molar-refractivity contribution < 1.29 is 4.39 Å². The molecule has 0 radical (unpaired) electrons. The summed E-state index contributed by atoms with van der Waals surface area (Å²) in [6.45, 7) is 1.81. The first-order chi connectivity index (χ1) is 14.8. The molecule has 6 rings (SSSR count). The van der Waals surface area contributed by atoms with Crippen molar-refractivity contribution in [2.24, 2.45) is 0 Å². The van der Waals surface area contributed by atoms with Gasteiger partial charge in [-0.2, -0.15) is 9.49 Å². The van der Waals surface area contributed by atoms with E-state index >= 15 is 0 Å². The van der Waals surface area contributed by atoms with Crippen molar-refractivity contribution in [3.05, 3.63) is 53.6 Å². The predicted molar refractivity (Wildman–Crippen MR) is 116 cm³/mol. The third-order valence-electron chi connectivity index (χ3n) is 5.30. The zero-order valence-corrected chi connectivity index (χ0v) is 16.6. The predicted octanol–water partition coefficient (Wildman–Crippen LogP) is 4.14. The molecule has 0 saturated carbocycles. The lowest BCUT2D eigenvalue weighted by atomic mass is 10.0. The molecule has 1 aliphatic rings. The van der Waals surface area contributed by atoms with Crippen LogP contribution in [0.25, 0.3) is 49.6 Å². The highest BCUT2D eigenvalue weighted by Gasteiger charge is 2.18. The summed E-state index contributed by atoms with van der Waals surface area (Å²) >= 11 is 1.10. The van der Waals surface area contributed by atoms with Gasteiger partial charge in [0, 0.05) is 28.6 Å². The van der Waals surface area contributed by atoms with Gasteiger partial charge in [0.15, 0.2) is 16.6 Å². The summed E-state index contributed by atoms with van der Waals surface area (Å²) in [5.41, 5.74) is 5.95. The topological polar surface area (TPSA) is 95.2 Å². The van der Waals surface area contributed by atoms with E-state index in [0.29, 0.717) is 17.2 Å². The van der Waals surface area contributed by atoms with Crippen LogP contribution in [0.1, 0.15) is 12.1 Å². The second kappa shape index (κ2) is 6.82. The highest BCUT2D eigenvalue weighted by Crippen LogP contribution is 2.34. The summed E-state index contributed by atoms with van der Waals surface area (Å²) in [5.74, 6) is 0.615. The van der Waals surface area contributed by atoms with Gasteiger partial charge in [-0.25, -0.2) is 9.97 Å². The normalized spacial score (nSPS) is 14.5. The maximum absolute atomic E-state index is 13.6.